The van der Waals surface area contributed by atoms with Crippen LogP contribution in [-0.2, 0) is 16.1 Å². The van der Waals surface area contributed by atoms with Crippen LogP contribution < -0.4 is 10.6 Å². The minimum atomic E-state index is -0.808. The summed E-state index contributed by atoms with van der Waals surface area (Å²) in [7, 11) is 0. The van der Waals surface area contributed by atoms with Crippen molar-refractivity contribution < 1.29 is 18.7 Å². The molecule has 0 radical (unpaired) electrons. The maximum atomic E-state index is 13.2. The summed E-state index contributed by atoms with van der Waals surface area (Å²) in [4.78, 5) is 24.3. The van der Waals surface area contributed by atoms with Crippen LogP contribution in [-0.4, -0.2) is 18.0 Å². The molecule has 1 atom stereocenters. The second-order valence-corrected chi connectivity index (χ2v) is 5.92. The lowest BCUT2D eigenvalue weighted by Crippen LogP contribution is -2.47. The minimum Gasteiger partial charge on any atom is -0.459 e. The minimum absolute atomic E-state index is 0.0538. The highest BCUT2D eigenvalue weighted by Crippen LogP contribution is 2.10. The molecule has 0 aliphatic heterocycles. The second-order valence-electron chi connectivity index (χ2n) is 5.92. The molecule has 132 valence electrons. The van der Waals surface area contributed by atoms with E-state index in [2.05, 4.69) is 10.6 Å². The van der Waals surface area contributed by atoms with E-state index in [0.29, 0.717) is 11.3 Å². The summed E-state index contributed by atoms with van der Waals surface area (Å²) in [6.45, 7) is 3.55. The van der Waals surface area contributed by atoms with E-state index in [9.17, 15) is 14.0 Å². The Morgan fingerprint density at radius 1 is 1.08 bits per heavy atom. The Kier molecular flexibility index (Phi) is 6.51. The summed E-state index contributed by atoms with van der Waals surface area (Å²) < 4.78 is 18.4. The molecule has 0 unspecified atom stereocenters. The number of benzene rings is 2. The van der Waals surface area contributed by atoms with Gasteiger partial charge in [0.25, 0.3) is 0 Å². The molecule has 2 aromatic rings. The van der Waals surface area contributed by atoms with Gasteiger partial charge in [-0.1, -0.05) is 44.2 Å². The molecule has 0 bridgehead atoms. The van der Waals surface area contributed by atoms with Gasteiger partial charge in [0.05, 0.1) is 0 Å². The van der Waals surface area contributed by atoms with Gasteiger partial charge < -0.3 is 15.4 Å². The highest BCUT2D eigenvalue weighted by atomic mass is 19.1. The Labute approximate surface area is 146 Å². The molecule has 0 saturated carbocycles. The van der Waals surface area contributed by atoms with Gasteiger partial charge in [0.1, 0.15) is 18.5 Å². The fraction of sp³-hybridized carbons (Fsp3) is 0.263. The van der Waals surface area contributed by atoms with Crippen molar-refractivity contribution in [3.63, 3.8) is 0 Å². The van der Waals surface area contributed by atoms with E-state index in [1.54, 1.807) is 50.2 Å². The first-order valence-electron chi connectivity index (χ1n) is 7.99. The zero-order valence-corrected chi connectivity index (χ0v) is 14.2. The number of ether oxygens (including phenoxy) is 1. The van der Waals surface area contributed by atoms with Gasteiger partial charge in [0.2, 0.25) is 0 Å². The van der Waals surface area contributed by atoms with E-state index >= 15 is 0 Å². The third-order valence-corrected chi connectivity index (χ3v) is 3.51. The van der Waals surface area contributed by atoms with Crippen molar-refractivity contribution in [2.24, 2.45) is 5.92 Å². The Morgan fingerprint density at radius 2 is 1.80 bits per heavy atom. The number of hydrogen-bond acceptors (Lipinski definition) is 3. The van der Waals surface area contributed by atoms with Crippen molar-refractivity contribution in [2.75, 3.05) is 5.32 Å². The van der Waals surface area contributed by atoms with Crippen molar-refractivity contribution in [3.8, 4) is 0 Å². The van der Waals surface area contributed by atoms with Crippen LogP contribution in [0.2, 0.25) is 0 Å². The number of urea groups is 1. The zero-order chi connectivity index (χ0) is 18.2. The monoisotopic (exact) mass is 344 g/mol. The molecule has 2 rings (SSSR count). The number of hydrogen-bond donors (Lipinski definition) is 2. The van der Waals surface area contributed by atoms with Crippen molar-refractivity contribution in [2.45, 2.75) is 26.5 Å². The molecular formula is C19H21FN2O3. The molecule has 0 aliphatic carbocycles. The first-order chi connectivity index (χ1) is 12.0. The predicted octanol–water partition coefficient (Wildman–Crippen LogP) is 3.72. The fourth-order valence-electron chi connectivity index (χ4n) is 2.20. The van der Waals surface area contributed by atoms with Crippen molar-refractivity contribution in [1.82, 2.24) is 5.32 Å². The molecule has 2 N–H and O–H groups in total. The van der Waals surface area contributed by atoms with Crippen LogP contribution in [0.5, 0.6) is 0 Å². The van der Waals surface area contributed by atoms with Gasteiger partial charge in [0, 0.05) is 5.69 Å². The zero-order valence-electron chi connectivity index (χ0n) is 14.2. The van der Waals surface area contributed by atoms with Crippen LogP contribution in [0.25, 0.3) is 0 Å². The van der Waals surface area contributed by atoms with Gasteiger partial charge in [-0.2, -0.15) is 0 Å². The van der Waals surface area contributed by atoms with Crippen molar-refractivity contribution in [3.05, 3.63) is 66.0 Å². The average Bonchev–Trinajstić information content (AvgIpc) is 2.58. The number of esters is 1. The fourth-order valence-corrected chi connectivity index (χ4v) is 2.20. The van der Waals surface area contributed by atoms with Crippen LogP contribution in [0.15, 0.2) is 54.6 Å². The topological polar surface area (TPSA) is 67.4 Å². The first kappa shape index (κ1) is 18.4. The van der Waals surface area contributed by atoms with E-state index in [0.717, 1.165) is 0 Å². The molecule has 0 heterocycles. The van der Waals surface area contributed by atoms with E-state index in [1.165, 1.54) is 12.1 Å². The third-order valence-electron chi connectivity index (χ3n) is 3.51. The molecule has 0 saturated heterocycles. The standard InChI is InChI=1S/C19H21FN2O3/c1-13(2)17(22-19(24)21-16-9-4-3-5-10-16)18(23)25-12-14-7-6-8-15(20)11-14/h3-11,13,17H,12H2,1-2H3,(H2,21,22,24)/t17-/m1/s1. The lowest BCUT2D eigenvalue weighted by atomic mass is 10.1. The Morgan fingerprint density at radius 3 is 2.44 bits per heavy atom. The summed E-state index contributed by atoms with van der Waals surface area (Å²) in [5, 5.41) is 5.27. The summed E-state index contributed by atoms with van der Waals surface area (Å²) in [5.41, 5.74) is 1.17. The van der Waals surface area contributed by atoms with E-state index in [1.807, 2.05) is 6.07 Å². The van der Waals surface area contributed by atoms with Crippen molar-refractivity contribution >= 4 is 17.7 Å². The maximum absolute atomic E-state index is 13.2. The maximum Gasteiger partial charge on any atom is 0.329 e. The van der Waals surface area contributed by atoms with Gasteiger partial charge in [-0.05, 0) is 35.7 Å². The van der Waals surface area contributed by atoms with Crippen LogP contribution in [0.4, 0.5) is 14.9 Å². The highest BCUT2D eigenvalue weighted by Gasteiger charge is 2.25. The van der Waals surface area contributed by atoms with Crippen LogP contribution in [0.3, 0.4) is 0 Å². The van der Waals surface area contributed by atoms with E-state index in [-0.39, 0.29) is 12.5 Å². The molecule has 0 aromatic heterocycles. The third kappa shape index (κ3) is 5.91. The van der Waals surface area contributed by atoms with E-state index in [4.69, 9.17) is 4.74 Å². The van der Waals surface area contributed by atoms with Crippen LogP contribution in [0.1, 0.15) is 19.4 Å². The van der Waals surface area contributed by atoms with Crippen LogP contribution in [0, 0.1) is 11.7 Å². The number of carbonyl (C=O) groups excluding carboxylic acids is 2. The molecule has 0 fully saturated rings. The molecule has 25 heavy (non-hydrogen) atoms. The van der Waals surface area contributed by atoms with Crippen molar-refractivity contribution in [1.29, 1.82) is 0 Å². The largest absolute Gasteiger partial charge is 0.459 e. The Hall–Kier alpha value is -2.89. The van der Waals surface area contributed by atoms with Crippen LogP contribution >= 0.6 is 0 Å². The van der Waals surface area contributed by atoms with Gasteiger partial charge in [0.15, 0.2) is 0 Å². The summed E-state index contributed by atoms with van der Waals surface area (Å²) in [5.74, 6) is -1.13. The average molecular weight is 344 g/mol. The lowest BCUT2D eigenvalue weighted by molar-refractivity contribution is -0.148. The van der Waals surface area contributed by atoms with E-state index < -0.39 is 23.9 Å². The molecule has 5 nitrogen and oxygen atoms in total. The molecular weight excluding hydrogens is 323 g/mol. The number of rotatable bonds is 6. The molecule has 2 aromatic carbocycles. The molecule has 2 amide bonds. The Bertz CT molecular complexity index is 720. The molecule has 6 heteroatoms. The second kappa shape index (κ2) is 8.82. The smallest absolute Gasteiger partial charge is 0.329 e. The number of nitrogens with one attached hydrogen (secondary N) is 2. The normalized spacial score (nSPS) is 11.7. The van der Waals surface area contributed by atoms with Gasteiger partial charge in [-0.25, -0.2) is 14.0 Å². The van der Waals surface area contributed by atoms with Gasteiger partial charge in [-0.15, -0.1) is 0 Å². The number of halogens is 1. The Balaban J connectivity index is 1.92. The predicted molar refractivity (Wildman–Crippen MR) is 93.4 cm³/mol. The summed E-state index contributed by atoms with van der Waals surface area (Å²) in [6, 6.07) is 13.4. The first-order valence-corrected chi connectivity index (χ1v) is 7.99. The highest BCUT2D eigenvalue weighted by molar-refractivity contribution is 5.92. The number of para-hydroxylation sites is 1. The quantitative estimate of drug-likeness (QED) is 0.785. The summed E-state index contributed by atoms with van der Waals surface area (Å²) in [6.07, 6.45) is 0. The molecule has 0 aliphatic rings. The number of amides is 2. The SMILES string of the molecule is CC(C)[C@@H](NC(=O)Nc1ccccc1)C(=O)OCc1cccc(F)c1. The lowest BCUT2D eigenvalue weighted by Gasteiger charge is -2.21. The molecule has 0 spiro atoms. The number of anilines is 1. The number of carbonyl (C=O) groups is 2. The van der Waals surface area contributed by atoms with Gasteiger partial charge >= 0.3 is 12.0 Å². The summed E-state index contributed by atoms with van der Waals surface area (Å²) >= 11 is 0. The van der Waals surface area contributed by atoms with Gasteiger partial charge in [-0.3, -0.25) is 0 Å².